The molecule has 1 unspecified atom stereocenters. The summed E-state index contributed by atoms with van der Waals surface area (Å²) in [5.74, 6) is 1.75. The molecule has 0 saturated carbocycles. The number of benzene rings is 1. The number of carbonyl (C=O) groups excluding carboxylic acids is 1. The highest BCUT2D eigenvalue weighted by Crippen LogP contribution is 2.31. The number of hydrogen-bond donors (Lipinski definition) is 2. The Bertz CT molecular complexity index is 728. The van der Waals surface area contributed by atoms with Gasteiger partial charge >= 0.3 is 0 Å². The molecule has 0 spiro atoms. The lowest BCUT2D eigenvalue weighted by Crippen LogP contribution is -2.27. The number of nitrogens with one attached hydrogen (secondary N) is 2. The number of amides is 1. The van der Waals surface area contributed by atoms with Crippen LogP contribution in [-0.2, 0) is 9.53 Å². The van der Waals surface area contributed by atoms with Gasteiger partial charge in [-0.05, 0) is 37.1 Å². The Morgan fingerprint density at radius 3 is 2.76 bits per heavy atom. The highest BCUT2D eigenvalue weighted by Gasteiger charge is 2.23. The van der Waals surface area contributed by atoms with E-state index in [2.05, 4.69) is 15.6 Å². The summed E-state index contributed by atoms with van der Waals surface area (Å²) in [6.45, 7) is 0.636. The minimum Gasteiger partial charge on any atom is -0.497 e. The van der Waals surface area contributed by atoms with Crippen LogP contribution in [0.3, 0.4) is 0 Å². The normalized spacial score (nSPS) is 16.3. The number of nitrogens with zero attached hydrogens (tertiary/aromatic N) is 1. The summed E-state index contributed by atoms with van der Waals surface area (Å²) in [5, 5.41) is 6.00. The topological polar surface area (TPSA) is 81.7 Å². The molecule has 2 aromatic rings. The Balaban J connectivity index is 1.67. The van der Waals surface area contributed by atoms with Gasteiger partial charge in [0.2, 0.25) is 0 Å². The van der Waals surface area contributed by atoms with E-state index in [1.54, 1.807) is 26.5 Å². The van der Waals surface area contributed by atoms with Gasteiger partial charge in [0.25, 0.3) is 5.91 Å². The Hall–Kier alpha value is -2.80. The van der Waals surface area contributed by atoms with E-state index in [1.165, 1.54) is 0 Å². The van der Waals surface area contributed by atoms with Gasteiger partial charge in [0.15, 0.2) is 0 Å². The summed E-state index contributed by atoms with van der Waals surface area (Å²) >= 11 is 0. The maximum absolute atomic E-state index is 12.0. The van der Waals surface area contributed by atoms with Gasteiger partial charge in [0.05, 0.1) is 31.8 Å². The van der Waals surface area contributed by atoms with Gasteiger partial charge in [0.1, 0.15) is 23.4 Å². The zero-order chi connectivity index (χ0) is 17.6. The molecule has 1 aliphatic rings. The predicted octanol–water partition coefficient (Wildman–Crippen LogP) is 2.96. The van der Waals surface area contributed by atoms with Gasteiger partial charge in [-0.1, -0.05) is 0 Å². The maximum atomic E-state index is 12.0. The van der Waals surface area contributed by atoms with E-state index in [-0.39, 0.29) is 12.0 Å². The summed E-state index contributed by atoms with van der Waals surface area (Å²) in [7, 11) is 3.22. The van der Waals surface area contributed by atoms with Gasteiger partial charge in [-0.2, -0.15) is 0 Å². The van der Waals surface area contributed by atoms with Crippen LogP contribution in [0.1, 0.15) is 12.8 Å². The molecule has 7 nitrogen and oxygen atoms in total. The van der Waals surface area contributed by atoms with E-state index in [4.69, 9.17) is 14.2 Å². The van der Waals surface area contributed by atoms with Gasteiger partial charge < -0.3 is 24.8 Å². The zero-order valence-electron chi connectivity index (χ0n) is 14.2. The summed E-state index contributed by atoms with van der Waals surface area (Å²) in [5.41, 5.74) is 1.53. The lowest BCUT2D eigenvalue weighted by molar-refractivity contribution is -0.124. The first-order valence-corrected chi connectivity index (χ1v) is 8.07. The summed E-state index contributed by atoms with van der Waals surface area (Å²) in [6.07, 6.45) is 2.93. The van der Waals surface area contributed by atoms with Gasteiger partial charge in [-0.15, -0.1) is 0 Å². The quantitative estimate of drug-likeness (QED) is 0.839. The molecule has 0 bridgehead atoms. The number of aromatic nitrogens is 1. The summed E-state index contributed by atoms with van der Waals surface area (Å²) in [6, 6.07) is 9.06. The molecule has 1 aromatic heterocycles. The molecule has 1 aromatic carbocycles. The van der Waals surface area contributed by atoms with Crippen LogP contribution >= 0.6 is 0 Å². The molecule has 0 radical (unpaired) electrons. The molecule has 7 heteroatoms. The fraction of sp³-hybridized carbons (Fsp3) is 0.333. The van der Waals surface area contributed by atoms with Gasteiger partial charge in [0, 0.05) is 12.7 Å². The highest BCUT2D eigenvalue weighted by atomic mass is 16.5. The number of hydrogen-bond acceptors (Lipinski definition) is 6. The van der Waals surface area contributed by atoms with E-state index in [0.717, 1.165) is 30.0 Å². The van der Waals surface area contributed by atoms with Crippen LogP contribution in [0.15, 0.2) is 36.5 Å². The Kier molecular flexibility index (Phi) is 5.35. The maximum Gasteiger partial charge on any atom is 0.254 e. The van der Waals surface area contributed by atoms with Crippen molar-refractivity contribution < 1.29 is 19.0 Å². The van der Waals surface area contributed by atoms with E-state index in [9.17, 15) is 4.79 Å². The van der Waals surface area contributed by atoms with E-state index in [0.29, 0.717) is 18.2 Å². The molecule has 1 atom stereocenters. The van der Waals surface area contributed by atoms with Crippen molar-refractivity contribution in [2.45, 2.75) is 18.9 Å². The van der Waals surface area contributed by atoms with Crippen molar-refractivity contribution in [1.29, 1.82) is 0 Å². The molecular weight excluding hydrogens is 322 g/mol. The number of rotatable bonds is 6. The lowest BCUT2D eigenvalue weighted by atomic mass is 10.2. The minimum atomic E-state index is -0.374. The average molecular weight is 343 g/mol. The fourth-order valence-corrected chi connectivity index (χ4v) is 2.60. The number of methoxy groups -OCH3 is 2. The third kappa shape index (κ3) is 4.19. The second kappa shape index (κ2) is 7.85. The summed E-state index contributed by atoms with van der Waals surface area (Å²) < 4.78 is 15.9. The number of carbonyl (C=O) groups is 1. The first kappa shape index (κ1) is 17.0. The van der Waals surface area contributed by atoms with Crippen LogP contribution < -0.4 is 20.1 Å². The number of ether oxygens (including phenoxy) is 3. The minimum absolute atomic E-state index is 0.153. The molecule has 2 heterocycles. The molecule has 2 N–H and O–H groups in total. The first-order valence-electron chi connectivity index (χ1n) is 8.07. The summed E-state index contributed by atoms with van der Waals surface area (Å²) in [4.78, 5) is 16.3. The van der Waals surface area contributed by atoms with Crippen LogP contribution in [0.25, 0.3) is 0 Å². The number of anilines is 3. The number of pyridine rings is 1. The highest BCUT2D eigenvalue weighted by molar-refractivity contribution is 5.93. The molecule has 1 aliphatic heterocycles. The fourth-order valence-electron chi connectivity index (χ4n) is 2.60. The van der Waals surface area contributed by atoms with Crippen molar-refractivity contribution in [2.75, 3.05) is 31.5 Å². The van der Waals surface area contributed by atoms with Crippen LogP contribution in [0, 0.1) is 0 Å². The van der Waals surface area contributed by atoms with Crippen LogP contribution in [0.5, 0.6) is 11.5 Å². The molecule has 1 fully saturated rings. The lowest BCUT2D eigenvalue weighted by Gasteiger charge is -2.13. The Morgan fingerprint density at radius 1 is 1.24 bits per heavy atom. The molecule has 1 amide bonds. The van der Waals surface area contributed by atoms with Crippen molar-refractivity contribution in [1.82, 2.24) is 4.98 Å². The second-order valence-corrected chi connectivity index (χ2v) is 5.61. The van der Waals surface area contributed by atoms with E-state index >= 15 is 0 Å². The standard InChI is InChI=1S/C18H21N3O4/c1-23-13-6-7-15(24-2)14(10-13)20-12-5-8-17(19-11-12)21-18(22)16-4-3-9-25-16/h5-8,10-11,16,20H,3-4,9H2,1-2H3,(H,19,21,22). The Morgan fingerprint density at radius 2 is 2.12 bits per heavy atom. The van der Waals surface area contributed by atoms with Crippen LogP contribution in [0.4, 0.5) is 17.2 Å². The Labute approximate surface area is 146 Å². The van der Waals surface area contributed by atoms with Crippen molar-refractivity contribution in [3.63, 3.8) is 0 Å². The first-order chi connectivity index (χ1) is 12.2. The van der Waals surface area contributed by atoms with Crippen molar-refractivity contribution in [2.24, 2.45) is 0 Å². The molecular formula is C18H21N3O4. The monoisotopic (exact) mass is 343 g/mol. The van der Waals surface area contributed by atoms with Gasteiger partial charge in [-0.3, -0.25) is 4.79 Å². The van der Waals surface area contributed by atoms with Gasteiger partial charge in [-0.25, -0.2) is 4.98 Å². The second-order valence-electron chi connectivity index (χ2n) is 5.61. The third-order valence-electron chi connectivity index (χ3n) is 3.92. The van der Waals surface area contributed by atoms with E-state index in [1.807, 2.05) is 24.3 Å². The smallest absolute Gasteiger partial charge is 0.254 e. The van der Waals surface area contributed by atoms with E-state index < -0.39 is 0 Å². The predicted molar refractivity (Wildman–Crippen MR) is 94.7 cm³/mol. The van der Waals surface area contributed by atoms with Crippen LogP contribution in [0.2, 0.25) is 0 Å². The third-order valence-corrected chi connectivity index (χ3v) is 3.92. The SMILES string of the molecule is COc1ccc(OC)c(Nc2ccc(NC(=O)C3CCCO3)nc2)c1. The molecule has 25 heavy (non-hydrogen) atoms. The van der Waals surface area contributed by atoms with Crippen molar-refractivity contribution in [3.8, 4) is 11.5 Å². The van der Waals surface area contributed by atoms with Crippen LogP contribution in [-0.4, -0.2) is 37.8 Å². The molecule has 3 rings (SSSR count). The molecule has 1 saturated heterocycles. The van der Waals surface area contributed by atoms with Crippen molar-refractivity contribution in [3.05, 3.63) is 36.5 Å². The largest absolute Gasteiger partial charge is 0.497 e. The molecule has 0 aliphatic carbocycles. The zero-order valence-corrected chi connectivity index (χ0v) is 14.2. The molecule has 132 valence electrons. The average Bonchev–Trinajstić information content (AvgIpc) is 3.18. The van der Waals surface area contributed by atoms with Crippen molar-refractivity contribution >= 4 is 23.1 Å².